The predicted molar refractivity (Wildman–Crippen MR) is 70.0 cm³/mol. The van der Waals surface area contributed by atoms with E-state index in [0.717, 1.165) is 32.7 Å². The molecule has 5 heteroatoms. The molecule has 0 amide bonds. The standard InChI is InChI=1S/C14H15FN4/c15-13-10-12(11-17)2-3-14(13)19-8-6-18(7-9-19)5-1-4-16/h2-3,10H,1,5-9H2. The molecule has 1 heterocycles. The molecule has 0 aliphatic carbocycles. The van der Waals surface area contributed by atoms with E-state index >= 15 is 0 Å². The zero-order chi connectivity index (χ0) is 13.7. The fraction of sp³-hybridized carbons (Fsp3) is 0.429. The number of halogens is 1. The highest BCUT2D eigenvalue weighted by Gasteiger charge is 2.19. The largest absolute Gasteiger partial charge is 0.367 e. The van der Waals surface area contributed by atoms with E-state index in [1.807, 2.05) is 11.0 Å². The minimum Gasteiger partial charge on any atom is -0.367 e. The second kappa shape index (κ2) is 6.17. The molecule has 1 aromatic carbocycles. The molecule has 0 atom stereocenters. The van der Waals surface area contributed by atoms with E-state index in [-0.39, 0.29) is 5.82 Å². The molecule has 1 aliphatic heterocycles. The first-order chi connectivity index (χ1) is 9.24. The number of benzene rings is 1. The van der Waals surface area contributed by atoms with E-state index in [2.05, 4.69) is 11.0 Å². The van der Waals surface area contributed by atoms with E-state index in [9.17, 15) is 4.39 Å². The van der Waals surface area contributed by atoms with E-state index in [1.165, 1.54) is 6.07 Å². The number of hydrogen-bond acceptors (Lipinski definition) is 4. The van der Waals surface area contributed by atoms with Gasteiger partial charge in [-0.1, -0.05) is 0 Å². The van der Waals surface area contributed by atoms with Crippen LogP contribution >= 0.6 is 0 Å². The monoisotopic (exact) mass is 258 g/mol. The molecule has 0 saturated carbocycles. The minimum atomic E-state index is -0.343. The Morgan fingerprint density at radius 1 is 1.16 bits per heavy atom. The molecule has 1 aliphatic rings. The molecule has 2 rings (SSSR count). The fourth-order valence-electron chi connectivity index (χ4n) is 2.25. The van der Waals surface area contributed by atoms with Gasteiger partial charge in [-0.3, -0.25) is 4.90 Å². The summed E-state index contributed by atoms with van der Waals surface area (Å²) in [6.45, 7) is 3.94. The van der Waals surface area contributed by atoms with Crippen molar-refractivity contribution in [1.29, 1.82) is 10.5 Å². The maximum Gasteiger partial charge on any atom is 0.147 e. The first-order valence-electron chi connectivity index (χ1n) is 6.28. The average molecular weight is 258 g/mol. The average Bonchev–Trinajstić information content (AvgIpc) is 2.45. The molecular formula is C14H15FN4. The van der Waals surface area contributed by atoms with Gasteiger partial charge in [0.25, 0.3) is 0 Å². The number of nitrogens with zero attached hydrogens (tertiary/aromatic N) is 4. The molecule has 1 aromatic rings. The summed E-state index contributed by atoms with van der Waals surface area (Å²) in [5.74, 6) is -0.343. The Morgan fingerprint density at radius 3 is 2.47 bits per heavy atom. The lowest BCUT2D eigenvalue weighted by atomic mass is 10.2. The third-order valence-electron chi connectivity index (χ3n) is 3.33. The van der Waals surface area contributed by atoms with Gasteiger partial charge in [0.05, 0.1) is 23.4 Å². The lowest BCUT2D eigenvalue weighted by Gasteiger charge is -2.35. The normalized spacial score (nSPS) is 15.8. The highest BCUT2D eigenvalue weighted by Crippen LogP contribution is 2.21. The smallest absolute Gasteiger partial charge is 0.147 e. The summed E-state index contributed by atoms with van der Waals surface area (Å²) in [5.41, 5.74) is 0.896. The first kappa shape index (κ1) is 13.3. The minimum absolute atomic E-state index is 0.342. The summed E-state index contributed by atoms with van der Waals surface area (Å²) in [6, 6.07) is 8.64. The molecule has 4 nitrogen and oxygen atoms in total. The lowest BCUT2D eigenvalue weighted by Crippen LogP contribution is -2.46. The van der Waals surface area contributed by atoms with Crippen LogP contribution in [-0.2, 0) is 0 Å². The van der Waals surface area contributed by atoms with Gasteiger partial charge in [0.1, 0.15) is 5.82 Å². The van der Waals surface area contributed by atoms with Crippen LogP contribution in [-0.4, -0.2) is 37.6 Å². The van der Waals surface area contributed by atoms with Crippen LogP contribution in [0.4, 0.5) is 10.1 Å². The summed E-state index contributed by atoms with van der Waals surface area (Å²) in [6.07, 6.45) is 0.533. The van der Waals surface area contributed by atoms with Crippen LogP contribution in [0.2, 0.25) is 0 Å². The summed E-state index contributed by atoms with van der Waals surface area (Å²) < 4.78 is 13.9. The maximum atomic E-state index is 13.9. The van der Waals surface area contributed by atoms with Crippen molar-refractivity contribution in [3.8, 4) is 12.1 Å². The number of piperazine rings is 1. The van der Waals surface area contributed by atoms with Gasteiger partial charge in [0.15, 0.2) is 0 Å². The Hall–Kier alpha value is -2.11. The predicted octanol–water partition coefficient (Wildman–Crippen LogP) is 1.73. The molecular weight excluding hydrogens is 243 g/mol. The third kappa shape index (κ3) is 3.21. The second-order valence-corrected chi connectivity index (χ2v) is 4.51. The van der Waals surface area contributed by atoms with Crippen LogP contribution < -0.4 is 4.90 Å². The van der Waals surface area contributed by atoms with Gasteiger partial charge in [-0.25, -0.2) is 4.39 Å². The van der Waals surface area contributed by atoms with Crippen LogP contribution in [0.3, 0.4) is 0 Å². The van der Waals surface area contributed by atoms with Gasteiger partial charge in [0.2, 0.25) is 0 Å². The Balaban J connectivity index is 1.98. The number of rotatable bonds is 3. The van der Waals surface area contributed by atoms with E-state index in [4.69, 9.17) is 10.5 Å². The quantitative estimate of drug-likeness (QED) is 0.828. The number of anilines is 1. The molecule has 98 valence electrons. The van der Waals surface area contributed by atoms with Crippen LogP contribution in [0.1, 0.15) is 12.0 Å². The van der Waals surface area contributed by atoms with E-state index in [1.54, 1.807) is 12.1 Å². The lowest BCUT2D eigenvalue weighted by molar-refractivity contribution is 0.263. The molecule has 1 fully saturated rings. The molecule has 0 N–H and O–H groups in total. The Bertz CT molecular complexity index is 521. The molecule has 0 aromatic heterocycles. The van der Waals surface area contributed by atoms with Crippen LogP contribution in [0.15, 0.2) is 18.2 Å². The molecule has 0 spiro atoms. The first-order valence-corrected chi connectivity index (χ1v) is 6.28. The second-order valence-electron chi connectivity index (χ2n) is 4.51. The SMILES string of the molecule is N#CCCN1CCN(c2ccc(C#N)cc2F)CC1. The summed E-state index contributed by atoms with van der Waals surface area (Å²) in [5, 5.41) is 17.3. The third-order valence-corrected chi connectivity index (χ3v) is 3.33. The highest BCUT2D eigenvalue weighted by atomic mass is 19.1. The molecule has 0 unspecified atom stereocenters. The summed E-state index contributed by atoms with van der Waals surface area (Å²) in [4.78, 5) is 4.20. The molecule has 0 bridgehead atoms. The van der Waals surface area contributed by atoms with Gasteiger partial charge in [0, 0.05) is 39.1 Å². The maximum absolute atomic E-state index is 13.9. The topological polar surface area (TPSA) is 54.1 Å². The van der Waals surface area contributed by atoms with Gasteiger partial charge in [-0.05, 0) is 18.2 Å². The molecule has 1 saturated heterocycles. The van der Waals surface area contributed by atoms with Crippen molar-refractivity contribution in [1.82, 2.24) is 4.90 Å². The van der Waals surface area contributed by atoms with E-state index in [0.29, 0.717) is 17.7 Å². The van der Waals surface area contributed by atoms with Crippen molar-refractivity contribution >= 4 is 5.69 Å². The van der Waals surface area contributed by atoms with Crippen LogP contribution in [0, 0.1) is 28.5 Å². The number of hydrogen-bond donors (Lipinski definition) is 0. The van der Waals surface area contributed by atoms with Crippen LogP contribution in [0.5, 0.6) is 0 Å². The van der Waals surface area contributed by atoms with Crippen molar-refractivity contribution in [2.75, 3.05) is 37.6 Å². The van der Waals surface area contributed by atoms with Crippen molar-refractivity contribution in [3.63, 3.8) is 0 Å². The van der Waals surface area contributed by atoms with Gasteiger partial charge >= 0.3 is 0 Å². The molecule has 19 heavy (non-hydrogen) atoms. The zero-order valence-corrected chi connectivity index (χ0v) is 10.6. The zero-order valence-electron chi connectivity index (χ0n) is 10.6. The summed E-state index contributed by atoms with van der Waals surface area (Å²) >= 11 is 0. The molecule has 0 radical (unpaired) electrons. The highest BCUT2D eigenvalue weighted by molar-refractivity contribution is 5.51. The Labute approximate surface area is 112 Å². The number of nitriles is 2. The Morgan fingerprint density at radius 2 is 1.89 bits per heavy atom. The van der Waals surface area contributed by atoms with Crippen molar-refractivity contribution in [3.05, 3.63) is 29.6 Å². The van der Waals surface area contributed by atoms with E-state index < -0.39 is 0 Å². The van der Waals surface area contributed by atoms with Crippen molar-refractivity contribution in [2.24, 2.45) is 0 Å². The van der Waals surface area contributed by atoms with Gasteiger partial charge < -0.3 is 4.90 Å². The Kier molecular flexibility index (Phi) is 4.33. The van der Waals surface area contributed by atoms with Crippen LogP contribution in [0.25, 0.3) is 0 Å². The van der Waals surface area contributed by atoms with Crippen molar-refractivity contribution in [2.45, 2.75) is 6.42 Å². The van der Waals surface area contributed by atoms with Crippen molar-refractivity contribution < 1.29 is 4.39 Å². The van der Waals surface area contributed by atoms with Gasteiger partial charge in [-0.2, -0.15) is 10.5 Å². The fourth-order valence-corrected chi connectivity index (χ4v) is 2.25. The van der Waals surface area contributed by atoms with Gasteiger partial charge in [-0.15, -0.1) is 0 Å². The summed E-state index contributed by atoms with van der Waals surface area (Å²) in [7, 11) is 0.